The van der Waals surface area contributed by atoms with Gasteiger partial charge in [0.05, 0.1) is 12.0 Å². The maximum absolute atomic E-state index is 12.3. The minimum atomic E-state index is -3.69. The summed E-state index contributed by atoms with van der Waals surface area (Å²) in [5.74, 6) is 1.23. The largest absolute Gasteiger partial charge is 0.454 e. The second kappa shape index (κ2) is 6.99. The number of fused-ring (bicyclic) bond motifs is 1. The third-order valence-corrected chi connectivity index (χ3v) is 4.92. The van der Waals surface area contributed by atoms with Crippen molar-refractivity contribution in [3.05, 3.63) is 48.0 Å². The van der Waals surface area contributed by atoms with Crippen molar-refractivity contribution in [3.63, 3.8) is 0 Å². The Bertz CT molecular complexity index is 880. The average Bonchev–Trinajstić information content (AvgIpc) is 3.08. The molecule has 2 aromatic carbocycles. The van der Waals surface area contributed by atoms with Gasteiger partial charge in [-0.15, -0.1) is 0 Å². The topological polar surface area (TPSA) is 103 Å². The number of carbonyl (C=O) groups excluding carboxylic acids is 1. The number of methoxy groups -OCH3 is 1. The molecule has 8 nitrogen and oxygen atoms in total. The lowest BCUT2D eigenvalue weighted by atomic mass is 10.2. The van der Waals surface area contributed by atoms with Gasteiger partial charge in [0.2, 0.25) is 16.8 Å². The first-order chi connectivity index (χ1) is 12.0. The second-order valence-corrected chi connectivity index (χ2v) is 6.92. The standard InChI is InChI=1S/C16H16N2O6S/c1-22-16(19)18-12-3-5-13(6-4-12)25(20,21)17-9-11-2-7-14-15(8-11)24-10-23-14/h2-8,17H,9-10H2,1H3,(H,18,19). The number of anilines is 1. The van der Waals surface area contributed by atoms with Crippen molar-refractivity contribution in [1.29, 1.82) is 0 Å². The van der Waals surface area contributed by atoms with Gasteiger partial charge in [-0.3, -0.25) is 5.32 Å². The van der Waals surface area contributed by atoms with E-state index < -0.39 is 16.1 Å². The van der Waals surface area contributed by atoms with Gasteiger partial charge in [0.25, 0.3) is 0 Å². The number of sulfonamides is 1. The molecule has 0 bridgehead atoms. The summed E-state index contributed by atoms with van der Waals surface area (Å²) < 4.78 is 42.2. The summed E-state index contributed by atoms with van der Waals surface area (Å²) in [6, 6.07) is 11.0. The molecule has 0 saturated heterocycles. The van der Waals surface area contributed by atoms with Crippen molar-refractivity contribution < 1.29 is 27.4 Å². The normalized spacial score (nSPS) is 12.7. The summed E-state index contributed by atoms with van der Waals surface area (Å²) in [6.07, 6.45) is -0.628. The molecule has 25 heavy (non-hydrogen) atoms. The molecule has 1 aliphatic rings. The van der Waals surface area contributed by atoms with Crippen LogP contribution >= 0.6 is 0 Å². The minimum Gasteiger partial charge on any atom is -0.454 e. The van der Waals surface area contributed by atoms with Crippen LogP contribution in [-0.4, -0.2) is 28.4 Å². The predicted molar refractivity (Wildman–Crippen MR) is 89.1 cm³/mol. The van der Waals surface area contributed by atoms with Gasteiger partial charge < -0.3 is 14.2 Å². The highest BCUT2D eigenvalue weighted by Gasteiger charge is 2.16. The molecular formula is C16H16N2O6S. The minimum absolute atomic E-state index is 0.0867. The van der Waals surface area contributed by atoms with E-state index in [0.717, 1.165) is 5.56 Å². The first-order valence-corrected chi connectivity index (χ1v) is 8.79. The summed E-state index contributed by atoms with van der Waals surface area (Å²) in [7, 11) is -2.45. The number of benzene rings is 2. The van der Waals surface area contributed by atoms with Crippen molar-refractivity contribution in [1.82, 2.24) is 4.72 Å². The Balaban J connectivity index is 1.66. The molecule has 0 radical (unpaired) electrons. The quantitative estimate of drug-likeness (QED) is 0.842. The Morgan fingerprint density at radius 2 is 1.84 bits per heavy atom. The lowest BCUT2D eigenvalue weighted by molar-refractivity contribution is 0.174. The molecule has 3 rings (SSSR count). The SMILES string of the molecule is COC(=O)Nc1ccc(S(=O)(=O)NCc2ccc3c(c2)OCO3)cc1. The van der Waals surface area contributed by atoms with Crippen LogP contribution in [0.5, 0.6) is 11.5 Å². The van der Waals surface area contributed by atoms with Gasteiger partial charge in [-0.1, -0.05) is 6.07 Å². The number of hydrogen-bond donors (Lipinski definition) is 2. The molecule has 1 heterocycles. The van der Waals surface area contributed by atoms with Crippen LogP contribution < -0.4 is 19.5 Å². The molecular weight excluding hydrogens is 348 g/mol. The molecule has 0 atom stereocenters. The zero-order valence-electron chi connectivity index (χ0n) is 13.3. The molecule has 132 valence electrons. The van der Waals surface area contributed by atoms with E-state index in [4.69, 9.17) is 9.47 Å². The van der Waals surface area contributed by atoms with Gasteiger partial charge in [-0.05, 0) is 42.0 Å². The van der Waals surface area contributed by atoms with E-state index in [1.54, 1.807) is 18.2 Å². The van der Waals surface area contributed by atoms with Gasteiger partial charge >= 0.3 is 6.09 Å². The molecule has 2 N–H and O–H groups in total. The molecule has 0 aromatic heterocycles. The Morgan fingerprint density at radius 1 is 1.12 bits per heavy atom. The summed E-state index contributed by atoms with van der Waals surface area (Å²) in [4.78, 5) is 11.2. The van der Waals surface area contributed by atoms with E-state index in [1.165, 1.54) is 31.4 Å². The lowest BCUT2D eigenvalue weighted by Gasteiger charge is -2.09. The predicted octanol–water partition coefficient (Wildman–Crippen LogP) is 2.07. The lowest BCUT2D eigenvalue weighted by Crippen LogP contribution is -2.23. The number of amides is 1. The van der Waals surface area contributed by atoms with E-state index >= 15 is 0 Å². The number of nitrogens with one attached hydrogen (secondary N) is 2. The highest BCUT2D eigenvalue weighted by Crippen LogP contribution is 2.32. The fourth-order valence-corrected chi connectivity index (χ4v) is 3.22. The third kappa shape index (κ3) is 4.01. The number of hydrogen-bond acceptors (Lipinski definition) is 6. The number of carbonyl (C=O) groups is 1. The van der Waals surface area contributed by atoms with Gasteiger partial charge in [-0.25, -0.2) is 17.9 Å². The Morgan fingerprint density at radius 3 is 2.56 bits per heavy atom. The van der Waals surface area contributed by atoms with Crippen LogP contribution in [0.4, 0.5) is 10.5 Å². The zero-order chi connectivity index (χ0) is 17.9. The van der Waals surface area contributed by atoms with Gasteiger partial charge in [0.15, 0.2) is 11.5 Å². The molecule has 0 unspecified atom stereocenters. The van der Waals surface area contributed by atoms with Crippen LogP contribution in [0, 0.1) is 0 Å². The van der Waals surface area contributed by atoms with E-state index in [2.05, 4.69) is 14.8 Å². The van der Waals surface area contributed by atoms with Crippen LogP contribution in [0.3, 0.4) is 0 Å². The van der Waals surface area contributed by atoms with Gasteiger partial charge in [0.1, 0.15) is 0 Å². The van der Waals surface area contributed by atoms with Crippen LogP contribution in [0.1, 0.15) is 5.56 Å². The molecule has 0 saturated carbocycles. The fraction of sp³-hybridized carbons (Fsp3) is 0.188. The van der Waals surface area contributed by atoms with E-state index in [0.29, 0.717) is 17.2 Å². The van der Waals surface area contributed by atoms with Crippen molar-refractivity contribution >= 4 is 21.8 Å². The summed E-state index contributed by atoms with van der Waals surface area (Å²) >= 11 is 0. The molecule has 2 aromatic rings. The Labute approximate surface area is 144 Å². The van der Waals surface area contributed by atoms with E-state index in [9.17, 15) is 13.2 Å². The first-order valence-electron chi connectivity index (χ1n) is 7.31. The number of rotatable bonds is 5. The highest BCUT2D eigenvalue weighted by molar-refractivity contribution is 7.89. The Kier molecular flexibility index (Phi) is 4.77. The van der Waals surface area contributed by atoms with Crippen molar-refractivity contribution in [3.8, 4) is 11.5 Å². The van der Waals surface area contributed by atoms with Crippen LogP contribution in [-0.2, 0) is 21.3 Å². The molecule has 0 aliphatic carbocycles. The van der Waals surface area contributed by atoms with Gasteiger partial charge in [0, 0.05) is 12.2 Å². The second-order valence-electron chi connectivity index (χ2n) is 5.15. The molecule has 1 aliphatic heterocycles. The molecule has 0 spiro atoms. The van der Waals surface area contributed by atoms with Crippen LogP contribution in [0.2, 0.25) is 0 Å². The van der Waals surface area contributed by atoms with Gasteiger partial charge in [-0.2, -0.15) is 0 Å². The highest BCUT2D eigenvalue weighted by atomic mass is 32.2. The average molecular weight is 364 g/mol. The number of ether oxygens (including phenoxy) is 3. The molecule has 0 fully saturated rings. The van der Waals surface area contributed by atoms with Crippen molar-refractivity contribution in [2.24, 2.45) is 0 Å². The van der Waals surface area contributed by atoms with E-state index in [1.807, 2.05) is 0 Å². The van der Waals surface area contributed by atoms with Crippen molar-refractivity contribution in [2.75, 3.05) is 19.2 Å². The Hall–Kier alpha value is -2.78. The maximum Gasteiger partial charge on any atom is 0.411 e. The fourth-order valence-electron chi connectivity index (χ4n) is 2.20. The summed E-state index contributed by atoms with van der Waals surface area (Å²) in [6.45, 7) is 0.275. The van der Waals surface area contributed by atoms with Crippen LogP contribution in [0.15, 0.2) is 47.4 Å². The monoisotopic (exact) mass is 364 g/mol. The maximum atomic E-state index is 12.3. The third-order valence-electron chi connectivity index (χ3n) is 3.50. The van der Waals surface area contributed by atoms with Crippen molar-refractivity contribution in [2.45, 2.75) is 11.4 Å². The van der Waals surface area contributed by atoms with E-state index in [-0.39, 0.29) is 18.2 Å². The first kappa shape index (κ1) is 17.1. The molecule has 9 heteroatoms. The molecule has 1 amide bonds. The van der Waals surface area contributed by atoms with Crippen LogP contribution in [0.25, 0.3) is 0 Å². The summed E-state index contributed by atoms with van der Waals surface area (Å²) in [5.41, 5.74) is 1.18. The smallest absolute Gasteiger partial charge is 0.411 e. The summed E-state index contributed by atoms with van der Waals surface area (Å²) in [5, 5.41) is 2.45. The zero-order valence-corrected chi connectivity index (χ0v) is 14.1.